The Hall–Kier alpha value is -3.22. The number of ether oxygens (including phenoxy) is 4. The summed E-state index contributed by atoms with van der Waals surface area (Å²) in [5.41, 5.74) is 4.20. The summed E-state index contributed by atoms with van der Waals surface area (Å²) < 4.78 is 21.1. The first-order valence-corrected chi connectivity index (χ1v) is 10.1. The summed E-state index contributed by atoms with van der Waals surface area (Å²) >= 11 is 0. The summed E-state index contributed by atoms with van der Waals surface area (Å²) in [4.78, 5) is 24.3. The third-order valence-corrected chi connectivity index (χ3v) is 5.12. The Morgan fingerprint density at radius 2 is 1.58 bits per heavy atom. The zero-order chi connectivity index (χ0) is 23.0. The van der Waals surface area contributed by atoms with Crippen molar-refractivity contribution >= 4 is 11.9 Å². The van der Waals surface area contributed by atoms with Crippen LogP contribution in [0.15, 0.2) is 30.3 Å². The first kappa shape index (κ1) is 24.1. The molecule has 31 heavy (non-hydrogen) atoms. The topological polar surface area (TPSA) is 83.1 Å². The standard InChI is InChI=1S/C24H31NO6/c1-15-7-9-19(11-16(15)2)17(3)25-22(26)14-31-23(27)10-8-18-12-20(28-4)24(30-6)21(13-18)29-5/h7,9,11-13,17H,8,10,14H2,1-6H3,(H,25,26). The van der Waals surface area contributed by atoms with Crippen LogP contribution >= 0.6 is 0 Å². The minimum absolute atomic E-state index is 0.124. The molecular weight excluding hydrogens is 398 g/mol. The predicted molar refractivity (Wildman–Crippen MR) is 118 cm³/mol. The van der Waals surface area contributed by atoms with E-state index in [1.54, 1.807) is 12.1 Å². The fourth-order valence-electron chi connectivity index (χ4n) is 3.14. The normalized spacial score (nSPS) is 11.4. The molecule has 0 fully saturated rings. The number of aryl methyl sites for hydroxylation is 3. The molecule has 1 atom stereocenters. The van der Waals surface area contributed by atoms with Crippen LogP contribution in [-0.4, -0.2) is 39.8 Å². The maximum Gasteiger partial charge on any atom is 0.306 e. The van der Waals surface area contributed by atoms with Gasteiger partial charge in [-0.3, -0.25) is 9.59 Å². The van der Waals surface area contributed by atoms with Gasteiger partial charge in [0, 0.05) is 6.42 Å². The fourth-order valence-corrected chi connectivity index (χ4v) is 3.14. The van der Waals surface area contributed by atoms with Gasteiger partial charge in [0.1, 0.15) is 0 Å². The van der Waals surface area contributed by atoms with Crippen LogP contribution in [0.25, 0.3) is 0 Å². The average molecular weight is 430 g/mol. The van der Waals surface area contributed by atoms with Gasteiger partial charge in [0.2, 0.25) is 5.75 Å². The molecule has 0 aromatic heterocycles. The van der Waals surface area contributed by atoms with Gasteiger partial charge in [-0.25, -0.2) is 0 Å². The molecule has 0 saturated carbocycles. The SMILES string of the molecule is COc1cc(CCC(=O)OCC(=O)NC(C)c2ccc(C)c(C)c2)cc(OC)c1OC. The van der Waals surface area contributed by atoms with Crippen LogP contribution in [0, 0.1) is 13.8 Å². The van der Waals surface area contributed by atoms with E-state index >= 15 is 0 Å². The van der Waals surface area contributed by atoms with Crippen LogP contribution in [0.4, 0.5) is 0 Å². The van der Waals surface area contributed by atoms with E-state index in [1.807, 2.05) is 39.0 Å². The van der Waals surface area contributed by atoms with Gasteiger partial charge in [-0.15, -0.1) is 0 Å². The van der Waals surface area contributed by atoms with Gasteiger partial charge in [-0.2, -0.15) is 0 Å². The number of hydrogen-bond acceptors (Lipinski definition) is 6. The Morgan fingerprint density at radius 1 is 0.935 bits per heavy atom. The molecule has 0 bridgehead atoms. The summed E-state index contributed by atoms with van der Waals surface area (Å²) in [7, 11) is 4.60. The number of carbonyl (C=O) groups is 2. The first-order valence-electron chi connectivity index (χ1n) is 10.1. The van der Waals surface area contributed by atoms with Crippen LogP contribution in [0.2, 0.25) is 0 Å². The second-order valence-electron chi connectivity index (χ2n) is 7.33. The van der Waals surface area contributed by atoms with Crippen molar-refractivity contribution in [3.8, 4) is 17.2 Å². The highest BCUT2D eigenvalue weighted by molar-refractivity contribution is 5.81. The molecule has 0 heterocycles. The second kappa shape index (κ2) is 11.2. The Morgan fingerprint density at radius 3 is 2.13 bits per heavy atom. The van der Waals surface area contributed by atoms with Gasteiger partial charge in [0.05, 0.1) is 27.4 Å². The summed E-state index contributed by atoms with van der Waals surface area (Å²) in [5, 5.41) is 2.85. The Kier molecular flexibility index (Phi) is 8.73. The highest BCUT2D eigenvalue weighted by Crippen LogP contribution is 2.38. The van der Waals surface area contributed by atoms with E-state index in [0.29, 0.717) is 23.7 Å². The highest BCUT2D eigenvalue weighted by atomic mass is 16.5. The summed E-state index contributed by atoms with van der Waals surface area (Å²) in [5.74, 6) is 0.732. The molecule has 2 aromatic carbocycles. The Bertz CT molecular complexity index is 899. The van der Waals surface area contributed by atoms with Crippen LogP contribution in [0.5, 0.6) is 17.2 Å². The molecule has 0 radical (unpaired) electrons. The number of methoxy groups -OCH3 is 3. The summed E-state index contributed by atoms with van der Waals surface area (Å²) in [6.07, 6.45) is 0.537. The van der Waals surface area contributed by atoms with Crippen LogP contribution in [0.1, 0.15) is 41.6 Å². The molecule has 0 aliphatic rings. The van der Waals surface area contributed by atoms with Crippen molar-refractivity contribution in [1.82, 2.24) is 5.32 Å². The van der Waals surface area contributed by atoms with Crippen molar-refractivity contribution in [2.24, 2.45) is 0 Å². The predicted octanol–water partition coefficient (Wildman–Crippen LogP) is 3.68. The summed E-state index contributed by atoms with van der Waals surface area (Å²) in [6.45, 7) is 5.65. The van der Waals surface area contributed by atoms with Crippen molar-refractivity contribution < 1.29 is 28.5 Å². The minimum Gasteiger partial charge on any atom is -0.493 e. The molecular formula is C24H31NO6. The van der Waals surface area contributed by atoms with Gasteiger partial charge in [0.15, 0.2) is 18.1 Å². The molecule has 168 valence electrons. The molecule has 2 rings (SSSR count). The number of benzene rings is 2. The van der Waals surface area contributed by atoms with Gasteiger partial charge < -0.3 is 24.3 Å². The maximum atomic E-state index is 12.2. The molecule has 0 aliphatic carbocycles. The summed E-state index contributed by atoms with van der Waals surface area (Å²) in [6, 6.07) is 9.44. The largest absolute Gasteiger partial charge is 0.493 e. The lowest BCUT2D eigenvalue weighted by atomic mass is 10.0. The van der Waals surface area contributed by atoms with Gasteiger partial charge in [-0.05, 0) is 61.6 Å². The van der Waals surface area contributed by atoms with E-state index < -0.39 is 5.97 Å². The van der Waals surface area contributed by atoms with Crippen molar-refractivity contribution in [1.29, 1.82) is 0 Å². The molecule has 7 heteroatoms. The number of nitrogens with one attached hydrogen (secondary N) is 1. The first-order chi connectivity index (χ1) is 14.8. The molecule has 0 saturated heterocycles. The van der Waals surface area contributed by atoms with Crippen molar-refractivity contribution in [2.75, 3.05) is 27.9 Å². The average Bonchev–Trinajstić information content (AvgIpc) is 2.76. The molecule has 0 spiro atoms. The monoisotopic (exact) mass is 429 g/mol. The lowest BCUT2D eigenvalue weighted by Gasteiger charge is -2.16. The van der Waals surface area contributed by atoms with Crippen molar-refractivity contribution in [2.45, 2.75) is 39.7 Å². The lowest BCUT2D eigenvalue weighted by Crippen LogP contribution is -2.31. The van der Waals surface area contributed by atoms with Gasteiger partial charge >= 0.3 is 5.97 Å². The zero-order valence-corrected chi connectivity index (χ0v) is 19.0. The molecule has 1 unspecified atom stereocenters. The van der Waals surface area contributed by atoms with E-state index in [-0.39, 0.29) is 25.0 Å². The second-order valence-corrected chi connectivity index (χ2v) is 7.33. The van der Waals surface area contributed by atoms with Crippen LogP contribution in [0.3, 0.4) is 0 Å². The number of rotatable bonds is 10. The van der Waals surface area contributed by atoms with E-state index in [4.69, 9.17) is 18.9 Å². The Balaban J connectivity index is 1.85. The molecule has 1 N–H and O–H groups in total. The molecule has 2 aromatic rings. The maximum absolute atomic E-state index is 12.2. The van der Waals surface area contributed by atoms with Crippen LogP contribution in [-0.2, 0) is 20.7 Å². The Labute approximate surface area is 183 Å². The van der Waals surface area contributed by atoms with E-state index in [9.17, 15) is 9.59 Å². The van der Waals surface area contributed by atoms with E-state index in [0.717, 1.165) is 16.7 Å². The van der Waals surface area contributed by atoms with Gasteiger partial charge in [-0.1, -0.05) is 18.2 Å². The number of esters is 1. The quantitative estimate of drug-likeness (QED) is 0.580. The third-order valence-electron chi connectivity index (χ3n) is 5.12. The number of carbonyl (C=O) groups excluding carboxylic acids is 2. The number of amides is 1. The molecule has 7 nitrogen and oxygen atoms in total. The fraction of sp³-hybridized carbons (Fsp3) is 0.417. The minimum atomic E-state index is -0.456. The lowest BCUT2D eigenvalue weighted by molar-refractivity contribution is -0.148. The number of hydrogen-bond donors (Lipinski definition) is 1. The van der Waals surface area contributed by atoms with Crippen LogP contribution < -0.4 is 19.5 Å². The van der Waals surface area contributed by atoms with E-state index in [1.165, 1.54) is 26.9 Å². The van der Waals surface area contributed by atoms with Crippen molar-refractivity contribution in [3.63, 3.8) is 0 Å². The third kappa shape index (κ3) is 6.64. The van der Waals surface area contributed by atoms with Gasteiger partial charge in [0.25, 0.3) is 5.91 Å². The molecule has 0 aliphatic heterocycles. The zero-order valence-electron chi connectivity index (χ0n) is 19.0. The van der Waals surface area contributed by atoms with E-state index in [2.05, 4.69) is 5.32 Å². The smallest absolute Gasteiger partial charge is 0.306 e. The molecule has 1 amide bonds. The highest BCUT2D eigenvalue weighted by Gasteiger charge is 2.15. The van der Waals surface area contributed by atoms with Crippen molar-refractivity contribution in [3.05, 3.63) is 52.6 Å².